The molecule has 4 aromatic rings. The van der Waals surface area contributed by atoms with Gasteiger partial charge < -0.3 is 10.5 Å². The van der Waals surface area contributed by atoms with Crippen molar-refractivity contribution in [1.29, 1.82) is 5.26 Å². The Labute approximate surface area is 190 Å². The van der Waals surface area contributed by atoms with E-state index in [1.54, 1.807) is 22.8 Å². The van der Waals surface area contributed by atoms with Crippen molar-refractivity contribution in [3.05, 3.63) is 72.8 Å². The molecule has 2 N–H and O–H groups in total. The van der Waals surface area contributed by atoms with Gasteiger partial charge in [0.1, 0.15) is 6.07 Å². The number of carbonyl (C=O) groups is 1. The van der Waals surface area contributed by atoms with E-state index in [1.807, 2.05) is 35.3 Å². The van der Waals surface area contributed by atoms with Crippen LogP contribution in [-0.4, -0.2) is 38.5 Å². The highest BCUT2D eigenvalue weighted by Crippen LogP contribution is 2.33. The van der Waals surface area contributed by atoms with Gasteiger partial charge in [-0.3, -0.25) is 9.48 Å². The second kappa shape index (κ2) is 8.37. The molecule has 1 saturated heterocycles. The van der Waals surface area contributed by atoms with Gasteiger partial charge >= 0.3 is 0 Å². The van der Waals surface area contributed by atoms with Gasteiger partial charge in [0.05, 0.1) is 29.5 Å². The molecule has 164 valence electrons. The summed E-state index contributed by atoms with van der Waals surface area (Å²) in [5, 5.41) is 18.6. The summed E-state index contributed by atoms with van der Waals surface area (Å²) in [6.07, 6.45) is 9.27. The van der Waals surface area contributed by atoms with Gasteiger partial charge in [0.2, 0.25) is 5.91 Å². The molecule has 1 aromatic carbocycles. The molecule has 0 radical (unpaired) electrons. The molecule has 1 amide bonds. The Balaban J connectivity index is 1.59. The summed E-state index contributed by atoms with van der Waals surface area (Å²) in [5.74, 6) is -0.559. The van der Waals surface area contributed by atoms with E-state index in [4.69, 9.17) is 10.5 Å². The molecule has 0 saturated carbocycles. The zero-order valence-electron chi connectivity index (χ0n) is 17.9. The highest BCUT2D eigenvalue weighted by Gasteiger charge is 2.18. The van der Waals surface area contributed by atoms with Gasteiger partial charge in [-0.1, -0.05) is 30.8 Å². The summed E-state index contributed by atoms with van der Waals surface area (Å²) in [6, 6.07) is 12.0. The van der Waals surface area contributed by atoms with Crippen molar-refractivity contribution in [3.63, 3.8) is 0 Å². The Morgan fingerprint density at radius 2 is 1.85 bits per heavy atom. The fourth-order valence-corrected chi connectivity index (χ4v) is 4.21. The van der Waals surface area contributed by atoms with Crippen LogP contribution >= 0.6 is 0 Å². The number of primary amides is 1. The van der Waals surface area contributed by atoms with Crippen LogP contribution in [0.15, 0.2) is 61.7 Å². The standard InChI is InChI=1S/C25H22N6O2/c1-16(25(27)32)17-2-4-18(5-3-17)23-10-19(14-31-24(23)20(11-26)12-29-31)21-13-28-30(15-21)22-6-8-33-9-7-22/h2-5,10,12-15,22H,1,6-9H2,(H2,27,32). The number of nitrogens with zero attached hydrogens (tertiary/aromatic N) is 5. The average molecular weight is 438 g/mol. The molecule has 1 fully saturated rings. The third-order valence-electron chi connectivity index (χ3n) is 6.07. The SMILES string of the molecule is C=C(C(N)=O)c1ccc(-c2cc(-c3cnn(C4CCOCC4)c3)cn3ncc(C#N)c23)cc1. The van der Waals surface area contributed by atoms with Gasteiger partial charge in [-0.15, -0.1) is 0 Å². The van der Waals surface area contributed by atoms with Crippen LogP contribution in [0.5, 0.6) is 0 Å². The second-order valence-electron chi connectivity index (χ2n) is 8.08. The molecule has 0 aliphatic carbocycles. The fourth-order valence-electron chi connectivity index (χ4n) is 4.21. The van der Waals surface area contributed by atoms with Crippen LogP contribution in [0.1, 0.15) is 30.0 Å². The van der Waals surface area contributed by atoms with Gasteiger partial charge in [0, 0.05) is 47.9 Å². The van der Waals surface area contributed by atoms with E-state index in [0.29, 0.717) is 17.2 Å². The number of aromatic nitrogens is 4. The molecule has 0 unspecified atom stereocenters. The molecule has 1 aliphatic rings. The minimum Gasteiger partial charge on any atom is -0.381 e. The van der Waals surface area contributed by atoms with Gasteiger partial charge in [-0.2, -0.15) is 15.5 Å². The van der Waals surface area contributed by atoms with Crippen molar-refractivity contribution in [2.24, 2.45) is 5.73 Å². The Hall–Kier alpha value is -4.22. The first kappa shape index (κ1) is 20.7. The van der Waals surface area contributed by atoms with Crippen molar-refractivity contribution in [3.8, 4) is 28.3 Å². The lowest BCUT2D eigenvalue weighted by Crippen LogP contribution is -2.19. The van der Waals surface area contributed by atoms with E-state index in [0.717, 1.165) is 53.8 Å². The average Bonchev–Trinajstić information content (AvgIpc) is 3.51. The molecule has 0 atom stereocenters. The summed E-state index contributed by atoms with van der Waals surface area (Å²) in [5.41, 5.74) is 11.1. The molecule has 0 bridgehead atoms. The summed E-state index contributed by atoms with van der Waals surface area (Å²) in [4.78, 5) is 11.5. The topological polar surface area (TPSA) is 111 Å². The number of benzene rings is 1. The fraction of sp³-hybridized carbons (Fsp3) is 0.200. The van der Waals surface area contributed by atoms with E-state index < -0.39 is 5.91 Å². The summed E-state index contributed by atoms with van der Waals surface area (Å²) < 4.78 is 9.20. The second-order valence-corrected chi connectivity index (χ2v) is 8.08. The molecule has 8 heteroatoms. The Kier molecular flexibility index (Phi) is 5.24. The predicted octanol–water partition coefficient (Wildman–Crippen LogP) is 3.59. The molecule has 8 nitrogen and oxygen atoms in total. The monoisotopic (exact) mass is 438 g/mol. The Bertz CT molecular complexity index is 1400. The Morgan fingerprint density at radius 1 is 1.09 bits per heavy atom. The van der Waals surface area contributed by atoms with E-state index in [1.165, 1.54) is 0 Å². The number of nitriles is 1. The normalized spacial score (nSPS) is 14.3. The first-order chi connectivity index (χ1) is 16.0. The van der Waals surface area contributed by atoms with E-state index in [-0.39, 0.29) is 5.57 Å². The van der Waals surface area contributed by atoms with Gasteiger partial charge in [-0.25, -0.2) is 4.52 Å². The van der Waals surface area contributed by atoms with Crippen molar-refractivity contribution in [1.82, 2.24) is 19.4 Å². The van der Waals surface area contributed by atoms with E-state index in [2.05, 4.69) is 29.0 Å². The quantitative estimate of drug-likeness (QED) is 0.479. The minimum absolute atomic E-state index is 0.253. The van der Waals surface area contributed by atoms with Gasteiger partial charge in [-0.05, 0) is 30.0 Å². The van der Waals surface area contributed by atoms with Crippen LogP contribution in [0.3, 0.4) is 0 Å². The summed E-state index contributed by atoms with van der Waals surface area (Å²) >= 11 is 0. The minimum atomic E-state index is -0.559. The van der Waals surface area contributed by atoms with Crippen molar-refractivity contribution >= 4 is 17.0 Å². The summed E-state index contributed by atoms with van der Waals surface area (Å²) in [6.45, 7) is 5.24. The maximum Gasteiger partial charge on any atom is 0.248 e. The van der Waals surface area contributed by atoms with Crippen molar-refractivity contribution in [2.75, 3.05) is 13.2 Å². The third kappa shape index (κ3) is 3.79. The van der Waals surface area contributed by atoms with Crippen molar-refractivity contribution < 1.29 is 9.53 Å². The van der Waals surface area contributed by atoms with Gasteiger partial charge in [0.25, 0.3) is 0 Å². The molecule has 33 heavy (non-hydrogen) atoms. The van der Waals surface area contributed by atoms with E-state index in [9.17, 15) is 10.1 Å². The number of amides is 1. The number of ether oxygens (including phenoxy) is 1. The van der Waals surface area contributed by atoms with Crippen LogP contribution in [-0.2, 0) is 9.53 Å². The van der Waals surface area contributed by atoms with Crippen molar-refractivity contribution in [2.45, 2.75) is 18.9 Å². The zero-order valence-corrected chi connectivity index (χ0v) is 17.9. The largest absolute Gasteiger partial charge is 0.381 e. The Morgan fingerprint density at radius 3 is 2.55 bits per heavy atom. The number of hydrogen-bond donors (Lipinski definition) is 1. The number of fused-ring (bicyclic) bond motifs is 1. The third-order valence-corrected chi connectivity index (χ3v) is 6.07. The summed E-state index contributed by atoms with van der Waals surface area (Å²) in [7, 11) is 0. The first-order valence-corrected chi connectivity index (χ1v) is 10.7. The van der Waals surface area contributed by atoms with Crippen LogP contribution in [0.2, 0.25) is 0 Å². The number of pyridine rings is 1. The number of hydrogen-bond acceptors (Lipinski definition) is 5. The van der Waals surface area contributed by atoms with Crippen LogP contribution in [0, 0.1) is 11.3 Å². The number of carbonyl (C=O) groups excluding carboxylic acids is 1. The zero-order chi connectivity index (χ0) is 22.9. The lowest BCUT2D eigenvalue weighted by atomic mass is 9.97. The lowest BCUT2D eigenvalue weighted by Gasteiger charge is -2.22. The van der Waals surface area contributed by atoms with Crippen LogP contribution in [0.25, 0.3) is 33.3 Å². The number of nitrogens with two attached hydrogens (primary N) is 1. The van der Waals surface area contributed by atoms with E-state index >= 15 is 0 Å². The molecule has 1 aliphatic heterocycles. The molecule has 3 aromatic heterocycles. The van der Waals surface area contributed by atoms with Gasteiger partial charge in [0.15, 0.2) is 0 Å². The highest BCUT2D eigenvalue weighted by molar-refractivity contribution is 6.17. The molecule has 5 rings (SSSR count). The van der Waals surface area contributed by atoms with Crippen LogP contribution in [0.4, 0.5) is 0 Å². The molecular weight excluding hydrogens is 416 g/mol. The highest BCUT2D eigenvalue weighted by atomic mass is 16.5. The lowest BCUT2D eigenvalue weighted by molar-refractivity contribution is -0.112. The maximum atomic E-state index is 11.5. The molecule has 0 spiro atoms. The first-order valence-electron chi connectivity index (χ1n) is 10.7. The number of rotatable bonds is 5. The maximum absolute atomic E-state index is 11.5. The molecular formula is C25H22N6O2. The molecule has 4 heterocycles. The predicted molar refractivity (Wildman–Crippen MR) is 124 cm³/mol. The van der Waals surface area contributed by atoms with Crippen LogP contribution < -0.4 is 5.73 Å². The smallest absolute Gasteiger partial charge is 0.248 e.